The van der Waals surface area contributed by atoms with E-state index in [2.05, 4.69) is 17.6 Å². The normalized spacial score (nSPS) is 27.8. The number of rotatable bonds is 7. The highest BCUT2D eigenvalue weighted by Crippen LogP contribution is 2.54. The summed E-state index contributed by atoms with van der Waals surface area (Å²) in [5.41, 5.74) is 0.387. The smallest absolute Gasteiger partial charge is 0.222 e. The van der Waals surface area contributed by atoms with Gasteiger partial charge in [0.2, 0.25) is 5.91 Å². The molecule has 0 radical (unpaired) electrons. The molecule has 0 aliphatic heterocycles. The molecule has 4 heteroatoms. The lowest BCUT2D eigenvalue weighted by Crippen LogP contribution is -2.63. The molecule has 20 heavy (non-hydrogen) atoms. The molecule has 2 rings (SSSR count). The van der Waals surface area contributed by atoms with Gasteiger partial charge in [-0.05, 0) is 26.2 Å². The van der Waals surface area contributed by atoms with Crippen molar-refractivity contribution in [2.75, 3.05) is 19.7 Å². The first-order valence-electron chi connectivity index (χ1n) is 8.23. The standard InChI is InChI=1S/C16H30N2O2/c1-4-20-14-11-13(16(14)7-5-6-8-16)17-9-10-18-15(19)12(2)3/h12-14,17H,4-11H2,1-3H3,(H,18,19). The Morgan fingerprint density at radius 1 is 1.30 bits per heavy atom. The van der Waals surface area contributed by atoms with Crippen LogP contribution in [-0.4, -0.2) is 37.7 Å². The molecular weight excluding hydrogens is 252 g/mol. The van der Waals surface area contributed by atoms with Crippen LogP contribution in [0, 0.1) is 11.3 Å². The van der Waals surface area contributed by atoms with Crippen molar-refractivity contribution in [3.8, 4) is 0 Å². The monoisotopic (exact) mass is 282 g/mol. The molecule has 2 unspecified atom stereocenters. The van der Waals surface area contributed by atoms with E-state index in [0.717, 1.165) is 26.1 Å². The Balaban J connectivity index is 1.72. The van der Waals surface area contributed by atoms with E-state index in [-0.39, 0.29) is 11.8 Å². The van der Waals surface area contributed by atoms with E-state index < -0.39 is 0 Å². The third-order valence-corrected chi connectivity index (χ3v) is 5.03. The number of carbonyl (C=O) groups excluding carboxylic acids is 1. The molecule has 0 heterocycles. The minimum absolute atomic E-state index is 0.0715. The van der Waals surface area contributed by atoms with E-state index in [0.29, 0.717) is 17.6 Å². The Morgan fingerprint density at radius 2 is 2.00 bits per heavy atom. The molecule has 2 aliphatic carbocycles. The Morgan fingerprint density at radius 3 is 2.60 bits per heavy atom. The zero-order chi connectivity index (χ0) is 14.6. The molecule has 0 aromatic heterocycles. The van der Waals surface area contributed by atoms with Gasteiger partial charge < -0.3 is 15.4 Å². The van der Waals surface area contributed by atoms with Crippen molar-refractivity contribution in [2.24, 2.45) is 11.3 Å². The second-order valence-electron chi connectivity index (χ2n) is 6.57. The number of hydrogen-bond donors (Lipinski definition) is 2. The van der Waals surface area contributed by atoms with Gasteiger partial charge in [-0.25, -0.2) is 0 Å². The van der Waals surface area contributed by atoms with Gasteiger partial charge in [0.25, 0.3) is 0 Å². The van der Waals surface area contributed by atoms with E-state index in [1.165, 1.54) is 25.7 Å². The minimum Gasteiger partial charge on any atom is -0.378 e. The van der Waals surface area contributed by atoms with Gasteiger partial charge in [-0.1, -0.05) is 26.7 Å². The molecule has 0 aromatic rings. The third-order valence-electron chi connectivity index (χ3n) is 5.03. The summed E-state index contributed by atoms with van der Waals surface area (Å²) in [6.45, 7) is 8.35. The molecule has 2 atom stereocenters. The molecule has 0 saturated heterocycles. The maximum absolute atomic E-state index is 11.5. The van der Waals surface area contributed by atoms with Gasteiger partial charge in [-0.3, -0.25) is 4.79 Å². The number of ether oxygens (including phenoxy) is 1. The fourth-order valence-electron chi connectivity index (χ4n) is 3.81. The summed E-state index contributed by atoms with van der Waals surface area (Å²) in [5, 5.41) is 6.61. The average molecular weight is 282 g/mol. The number of nitrogens with one attached hydrogen (secondary N) is 2. The Kier molecular flexibility index (Phi) is 5.44. The van der Waals surface area contributed by atoms with Gasteiger partial charge in [0.1, 0.15) is 0 Å². The second kappa shape index (κ2) is 6.90. The fraction of sp³-hybridized carbons (Fsp3) is 0.938. The van der Waals surface area contributed by atoms with Crippen LogP contribution in [0.3, 0.4) is 0 Å². The van der Waals surface area contributed by atoms with Crippen LogP contribution in [0.25, 0.3) is 0 Å². The van der Waals surface area contributed by atoms with Crippen molar-refractivity contribution >= 4 is 5.91 Å². The Bertz CT molecular complexity index is 324. The SMILES string of the molecule is CCOC1CC(NCCNC(=O)C(C)C)C12CCCC2. The molecule has 2 N–H and O–H groups in total. The minimum atomic E-state index is 0.0715. The molecular formula is C16H30N2O2. The van der Waals surface area contributed by atoms with Crippen molar-refractivity contribution in [1.82, 2.24) is 10.6 Å². The second-order valence-corrected chi connectivity index (χ2v) is 6.57. The van der Waals surface area contributed by atoms with E-state index in [4.69, 9.17) is 4.74 Å². The molecule has 1 amide bonds. The molecule has 2 fully saturated rings. The lowest BCUT2D eigenvalue weighted by Gasteiger charge is -2.54. The molecule has 4 nitrogen and oxygen atoms in total. The average Bonchev–Trinajstić information content (AvgIpc) is 2.93. The van der Waals surface area contributed by atoms with Gasteiger partial charge in [-0.2, -0.15) is 0 Å². The van der Waals surface area contributed by atoms with Gasteiger partial charge in [0.05, 0.1) is 6.10 Å². The van der Waals surface area contributed by atoms with Gasteiger partial charge in [0, 0.05) is 37.1 Å². The third kappa shape index (κ3) is 3.17. The molecule has 0 aromatic carbocycles. The fourth-order valence-corrected chi connectivity index (χ4v) is 3.81. The maximum atomic E-state index is 11.5. The van der Waals surface area contributed by atoms with Crippen LogP contribution in [0.4, 0.5) is 0 Å². The first-order chi connectivity index (χ1) is 9.60. The van der Waals surface area contributed by atoms with Crippen molar-refractivity contribution in [1.29, 1.82) is 0 Å². The van der Waals surface area contributed by atoms with Crippen molar-refractivity contribution < 1.29 is 9.53 Å². The summed E-state index contributed by atoms with van der Waals surface area (Å²) in [4.78, 5) is 11.5. The van der Waals surface area contributed by atoms with Crippen molar-refractivity contribution in [2.45, 2.75) is 65.0 Å². The van der Waals surface area contributed by atoms with Crippen LogP contribution < -0.4 is 10.6 Å². The van der Waals surface area contributed by atoms with Gasteiger partial charge in [0.15, 0.2) is 0 Å². The van der Waals surface area contributed by atoms with E-state index in [1.54, 1.807) is 0 Å². The van der Waals surface area contributed by atoms with Gasteiger partial charge in [-0.15, -0.1) is 0 Å². The molecule has 0 bridgehead atoms. The predicted octanol–water partition coefficient (Wildman–Crippen LogP) is 2.09. The first kappa shape index (κ1) is 15.8. The van der Waals surface area contributed by atoms with E-state index in [9.17, 15) is 4.79 Å². The van der Waals surface area contributed by atoms with Crippen molar-refractivity contribution in [3.63, 3.8) is 0 Å². The van der Waals surface area contributed by atoms with Crippen LogP contribution in [-0.2, 0) is 9.53 Å². The van der Waals surface area contributed by atoms with Crippen LogP contribution in [0.5, 0.6) is 0 Å². The topological polar surface area (TPSA) is 50.4 Å². The Labute approximate surface area is 123 Å². The number of hydrogen-bond acceptors (Lipinski definition) is 3. The highest BCUT2D eigenvalue weighted by molar-refractivity contribution is 5.77. The molecule has 116 valence electrons. The van der Waals surface area contributed by atoms with E-state index in [1.807, 2.05) is 13.8 Å². The Hall–Kier alpha value is -0.610. The summed E-state index contributed by atoms with van der Waals surface area (Å²) in [6, 6.07) is 0.581. The van der Waals surface area contributed by atoms with Crippen LogP contribution >= 0.6 is 0 Å². The highest BCUT2D eigenvalue weighted by atomic mass is 16.5. The molecule has 2 saturated carbocycles. The number of carbonyl (C=O) groups is 1. The highest BCUT2D eigenvalue weighted by Gasteiger charge is 2.56. The van der Waals surface area contributed by atoms with Gasteiger partial charge >= 0.3 is 0 Å². The number of amides is 1. The quantitative estimate of drug-likeness (QED) is 0.703. The molecule has 2 aliphatic rings. The van der Waals surface area contributed by atoms with Crippen molar-refractivity contribution in [3.05, 3.63) is 0 Å². The zero-order valence-corrected chi connectivity index (χ0v) is 13.2. The predicted molar refractivity (Wildman–Crippen MR) is 80.6 cm³/mol. The zero-order valence-electron chi connectivity index (χ0n) is 13.2. The maximum Gasteiger partial charge on any atom is 0.222 e. The summed E-state index contributed by atoms with van der Waals surface area (Å²) in [7, 11) is 0. The first-order valence-corrected chi connectivity index (χ1v) is 8.23. The summed E-state index contributed by atoms with van der Waals surface area (Å²) >= 11 is 0. The van der Waals surface area contributed by atoms with Crippen LogP contribution in [0.1, 0.15) is 52.9 Å². The largest absolute Gasteiger partial charge is 0.378 e. The molecule has 1 spiro atoms. The summed E-state index contributed by atoms with van der Waals surface area (Å²) in [6.07, 6.45) is 6.86. The van der Waals surface area contributed by atoms with E-state index >= 15 is 0 Å². The summed E-state index contributed by atoms with van der Waals surface area (Å²) < 4.78 is 5.91. The summed E-state index contributed by atoms with van der Waals surface area (Å²) in [5.74, 6) is 0.213. The lowest BCUT2D eigenvalue weighted by atomic mass is 9.60. The van der Waals surface area contributed by atoms with Crippen LogP contribution in [0.2, 0.25) is 0 Å². The van der Waals surface area contributed by atoms with Crippen LogP contribution in [0.15, 0.2) is 0 Å². The lowest BCUT2D eigenvalue weighted by molar-refractivity contribution is -0.130.